The summed E-state index contributed by atoms with van der Waals surface area (Å²) in [6.45, 7) is 6.61. The van der Waals surface area contributed by atoms with E-state index in [-0.39, 0.29) is 5.41 Å². The van der Waals surface area contributed by atoms with E-state index >= 15 is 0 Å². The fourth-order valence-electron chi connectivity index (χ4n) is 2.56. The zero-order valence-electron chi connectivity index (χ0n) is 10.0. The second-order valence-corrected chi connectivity index (χ2v) is 5.51. The summed E-state index contributed by atoms with van der Waals surface area (Å²) in [6.07, 6.45) is 12.5. The van der Waals surface area contributed by atoms with E-state index in [2.05, 4.69) is 66.7 Å². The molecule has 0 nitrogen and oxygen atoms in total. The number of hydrogen-bond acceptors (Lipinski definition) is 0. The maximum atomic E-state index is 3.53. The molecule has 0 heterocycles. The zero-order valence-corrected chi connectivity index (χ0v) is 11.6. The molecule has 1 heteroatoms. The third kappa shape index (κ3) is 1.79. The van der Waals surface area contributed by atoms with Gasteiger partial charge in [-0.05, 0) is 59.8 Å². The standard InChI is InChI=1S/C15H17Br/c1-4-13-7-8-15(13)10-11(2)5-6-14(16)9-12(15)3/h5,7-10,13H,4H2,1-3H3/b11-10-,12-9?. The Balaban J connectivity index is 2.53. The highest BCUT2D eigenvalue weighted by Gasteiger charge is 2.39. The van der Waals surface area contributed by atoms with Crippen LogP contribution in [-0.4, -0.2) is 0 Å². The molecule has 0 radical (unpaired) electrons. The Hall–Kier alpha value is -0.780. The number of rotatable bonds is 1. The first-order valence-corrected chi connectivity index (χ1v) is 6.57. The number of halogens is 1. The van der Waals surface area contributed by atoms with Crippen molar-refractivity contribution < 1.29 is 0 Å². The first kappa shape index (κ1) is 11.7. The van der Waals surface area contributed by atoms with Gasteiger partial charge >= 0.3 is 0 Å². The number of hydrogen-bond donors (Lipinski definition) is 0. The van der Waals surface area contributed by atoms with Crippen molar-refractivity contribution in [2.45, 2.75) is 27.2 Å². The van der Waals surface area contributed by atoms with Gasteiger partial charge in [-0.25, -0.2) is 0 Å². The first-order valence-electron chi connectivity index (χ1n) is 5.78. The lowest BCUT2D eigenvalue weighted by molar-refractivity contribution is 0.357. The third-order valence-corrected chi connectivity index (χ3v) is 4.05. The fraction of sp³-hybridized carbons (Fsp3) is 0.400. The Kier molecular flexibility index (Phi) is 3.10. The van der Waals surface area contributed by atoms with Crippen LogP contribution in [0.3, 0.4) is 0 Å². The quantitative estimate of drug-likeness (QED) is 0.472. The summed E-state index contributed by atoms with van der Waals surface area (Å²) in [6, 6.07) is 0. The molecule has 0 saturated carbocycles. The average Bonchev–Trinajstić information content (AvgIpc) is 2.20. The van der Waals surface area contributed by atoms with Gasteiger partial charge in [-0.2, -0.15) is 0 Å². The van der Waals surface area contributed by atoms with Gasteiger partial charge in [0.25, 0.3) is 0 Å². The zero-order chi connectivity index (χ0) is 11.8. The maximum Gasteiger partial charge on any atom is 0.0593 e. The van der Waals surface area contributed by atoms with E-state index in [1.165, 1.54) is 17.6 Å². The Labute approximate surface area is 106 Å². The van der Waals surface area contributed by atoms with E-state index in [1.807, 2.05) is 6.08 Å². The Bertz CT molecular complexity index is 456. The molecule has 84 valence electrons. The molecule has 0 fully saturated rings. The normalized spacial score (nSPS) is 35.8. The lowest BCUT2D eigenvalue weighted by atomic mass is 9.61. The van der Waals surface area contributed by atoms with E-state index in [9.17, 15) is 0 Å². The Morgan fingerprint density at radius 1 is 1.44 bits per heavy atom. The van der Waals surface area contributed by atoms with Crippen LogP contribution in [0.25, 0.3) is 0 Å². The molecule has 2 atom stereocenters. The van der Waals surface area contributed by atoms with Crippen molar-refractivity contribution in [1.82, 2.24) is 0 Å². The minimum atomic E-state index is 0.149. The van der Waals surface area contributed by atoms with Gasteiger partial charge in [0.15, 0.2) is 0 Å². The van der Waals surface area contributed by atoms with Crippen molar-refractivity contribution in [3.63, 3.8) is 0 Å². The fourth-order valence-corrected chi connectivity index (χ4v) is 3.02. The number of allylic oxidation sites excluding steroid dienone is 7. The van der Waals surface area contributed by atoms with Gasteiger partial charge in [0.1, 0.15) is 0 Å². The molecule has 0 aliphatic heterocycles. The summed E-state index contributed by atoms with van der Waals surface area (Å²) in [5.74, 6) is 0.644. The van der Waals surface area contributed by atoms with Gasteiger partial charge in [-0.1, -0.05) is 30.7 Å². The largest absolute Gasteiger partial charge is 0.105 e. The lowest BCUT2D eigenvalue weighted by Crippen LogP contribution is -2.33. The second kappa shape index (κ2) is 4.24. The Morgan fingerprint density at radius 3 is 2.75 bits per heavy atom. The first-order chi connectivity index (χ1) is 7.58. The van der Waals surface area contributed by atoms with Gasteiger partial charge in [-0.3, -0.25) is 0 Å². The SMILES string of the molecule is CCC1C=CC12/C=C(/C)C=C=C(Br)C=C2C. The highest BCUT2D eigenvalue weighted by molar-refractivity contribution is 9.11. The second-order valence-electron chi connectivity index (χ2n) is 4.66. The van der Waals surface area contributed by atoms with Crippen molar-refractivity contribution in [3.8, 4) is 0 Å². The van der Waals surface area contributed by atoms with Crippen molar-refractivity contribution in [2.75, 3.05) is 0 Å². The van der Waals surface area contributed by atoms with E-state index < -0.39 is 0 Å². The molecule has 2 aliphatic rings. The molecule has 2 rings (SSSR count). The van der Waals surface area contributed by atoms with Gasteiger partial charge in [0.2, 0.25) is 0 Å². The molecule has 2 unspecified atom stereocenters. The molecule has 0 aromatic heterocycles. The molecule has 0 aromatic rings. The molecule has 16 heavy (non-hydrogen) atoms. The van der Waals surface area contributed by atoms with Crippen LogP contribution in [0, 0.1) is 11.3 Å². The van der Waals surface area contributed by atoms with Gasteiger partial charge in [0.05, 0.1) is 4.48 Å². The van der Waals surface area contributed by atoms with E-state index in [4.69, 9.17) is 0 Å². The summed E-state index contributed by atoms with van der Waals surface area (Å²) in [5.41, 5.74) is 6.05. The molecule has 0 aromatic carbocycles. The van der Waals surface area contributed by atoms with Crippen LogP contribution in [0.2, 0.25) is 0 Å². The molecule has 1 spiro atoms. The molecule has 0 saturated heterocycles. The van der Waals surface area contributed by atoms with Crippen LogP contribution in [0.4, 0.5) is 0 Å². The van der Waals surface area contributed by atoms with Crippen LogP contribution in [0.15, 0.2) is 51.7 Å². The van der Waals surface area contributed by atoms with Gasteiger partial charge in [-0.15, -0.1) is 5.73 Å². The van der Waals surface area contributed by atoms with Gasteiger partial charge < -0.3 is 0 Å². The van der Waals surface area contributed by atoms with Crippen LogP contribution in [-0.2, 0) is 0 Å². The van der Waals surface area contributed by atoms with E-state index in [0.717, 1.165) is 4.48 Å². The smallest absolute Gasteiger partial charge is 0.0593 e. The van der Waals surface area contributed by atoms with Crippen molar-refractivity contribution >= 4 is 15.9 Å². The summed E-state index contributed by atoms with van der Waals surface area (Å²) in [4.78, 5) is 0. The van der Waals surface area contributed by atoms with Crippen LogP contribution in [0.1, 0.15) is 27.2 Å². The topological polar surface area (TPSA) is 0 Å². The van der Waals surface area contributed by atoms with Gasteiger partial charge in [0, 0.05) is 5.41 Å². The average molecular weight is 277 g/mol. The summed E-state index contributed by atoms with van der Waals surface area (Å²) in [5, 5.41) is 0. The molecule has 0 N–H and O–H groups in total. The molecule has 0 amide bonds. The summed E-state index contributed by atoms with van der Waals surface area (Å²) >= 11 is 3.53. The highest BCUT2D eigenvalue weighted by Crippen LogP contribution is 2.49. The third-order valence-electron chi connectivity index (χ3n) is 3.59. The predicted molar refractivity (Wildman–Crippen MR) is 73.4 cm³/mol. The molecule has 2 aliphatic carbocycles. The Morgan fingerprint density at radius 2 is 2.19 bits per heavy atom. The van der Waals surface area contributed by atoms with Crippen molar-refractivity contribution in [2.24, 2.45) is 11.3 Å². The maximum absolute atomic E-state index is 3.53. The summed E-state index contributed by atoms with van der Waals surface area (Å²) in [7, 11) is 0. The highest BCUT2D eigenvalue weighted by atomic mass is 79.9. The van der Waals surface area contributed by atoms with E-state index in [0.29, 0.717) is 5.92 Å². The van der Waals surface area contributed by atoms with Crippen LogP contribution >= 0.6 is 15.9 Å². The van der Waals surface area contributed by atoms with Crippen molar-refractivity contribution in [3.05, 3.63) is 51.7 Å². The van der Waals surface area contributed by atoms with E-state index in [1.54, 1.807) is 0 Å². The monoisotopic (exact) mass is 276 g/mol. The molecular weight excluding hydrogens is 260 g/mol. The summed E-state index contributed by atoms with van der Waals surface area (Å²) < 4.78 is 1.03. The van der Waals surface area contributed by atoms with Crippen molar-refractivity contribution in [1.29, 1.82) is 0 Å². The van der Waals surface area contributed by atoms with Crippen LogP contribution < -0.4 is 0 Å². The molecule has 0 bridgehead atoms. The predicted octanol–water partition coefficient (Wildman–Crippen LogP) is 4.91. The lowest BCUT2D eigenvalue weighted by Gasteiger charge is -2.43. The minimum absolute atomic E-state index is 0.149. The van der Waals surface area contributed by atoms with Crippen LogP contribution in [0.5, 0.6) is 0 Å². The molecular formula is C15H17Br. The minimum Gasteiger partial charge on any atom is -0.105 e.